The minimum absolute atomic E-state index is 0.107. The van der Waals surface area contributed by atoms with E-state index in [9.17, 15) is 9.00 Å². The molecule has 1 aliphatic rings. The predicted octanol–water partition coefficient (Wildman–Crippen LogP) is 2.83. The average molecular weight is 279 g/mol. The Morgan fingerprint density at radius 3 is 2.05 bits per heavy atom. The van der Waals surface area contributed by atoms with Crippen molar-refractivity contribution in [1.29, 1.82) is 0 Å². The SMILES string of the molecule is C[S@](=O)c1ccc(C(=O)N2CCCCCCC2)cc1. The number of likely N-dealkylation sites (tertiary alicyclic amines) is 1. The summed E-state index contributed by atoms with van der Waals surface area (Å²) in [6, 6.07) is 7.15. The van der Waals surface area contributed by atoms with Crippen molar-refractivity contribution in [1.82, 2.24) is 4.90 Å². The zero-order chi connectivity index (χ0) is 13.7. The van der Waals surface area contributed by atoms with Crippen LogP contribution < -0.4 is 0 Å². The summed E-state index contributed by atoms with van der Waals surface area (Å²) in [6.07, 6.45) is 7.58. The molecule has 0 bridgehead atoms. The molecule has 0 saturated carbocycles. The Hall–Kier alpha value is -1.16. The van der Waals surface area contributed by atoms with Crippen molar-refractivity contribution >= 4 is 16.7 Å². The van der Waals surface area contributed by atoms with Crippen molar-refractivity contribution in [2.45, 2.75) is 37.0 Å². The Bertz CT molecular complexity index is 448. The summed E-state index contributed by atoms with van der Waals surface area (Å²) in [6.45, 7) is 1.72. The summed E-state index contributed by atoms with van der Waals surface area (Å²) in [4.78, 5) is 15.1. The third kappa shape index (κ3) is 3.90. The molecule has 0 aromatic heterocycles. The van der Waals surface area contributed by atoms with Crippen LogP contribution >= 0.6 is 0 Å². The van der Waals surface area contributed by atoms with E-state index in [2.05, 4.69) is 0 Å². The molecule has 0 radical (unpaired) electrons. The van der Waals surface area contributed by atoms with Crippen LogP contribution in [0.5, 0.6) is 0 Å². The lowest BCUT2D eigenvalue weighted by Gasteiger charge is -2.24. The van der Waals surface area contributed by atoms with Crippen molar-refractivity contribution in [3.63, 3.8) is 0 Å². The highest BCUT2D eigenvalue weighted by molar-refractivity contribution is 7.84. The van der Waals surface area contributed by atoms with Crippen LogP contribution in [0.15, 0.2) is 29.2 Å². The molecule has 3 nitrogen and oxygen atoms in total. The standard InChI is InChI=1S/C15H21NO2S/c1-19(18)14-9-7-13(8-10-14)15(17)16-11-5-3-2-4-6-12-16/h7-10H,2-6,11-12H2,1H3/t19-/m0/s1. The molecule has 1 aromatic carbocycles. The normalized spacial score (nSPS) is 18.5. The first-order valence-corrected chi connectivity index (χ1v) is 8.47. The van der Waals surface area contributed by atoms with Crippen LogP contribution in [0.3, 0.4) is 0 Å². The highest BCUT2D eigenvalue weighted by atomic mass is 32.2. The van der Waals surface area contributed by atoms with Crippen molar-refractivity contribution in [3.8, 4) is 0 Å². The molecule has 4 heteroatoms. The summed E-state index contributed by atoms with van der Waals surface area (Å²) in [5.74, 6) is 0.107. The van der Waals surface area contributed by atoms with Crippen molar-refractivity contribution < 1.29 is 9.00 Å². The number of benzene rings is 1. The van der Waals surface area contributed by atoms with Crippen molar-refractivity contribution in [3.05, 3.63) is 29.8 Å². The zero-order valence-corrected chi connectivity index (χ0v) is 12.2. The van der Waals surface area contributed by atoms with Gasteiger partial charge in [0.1, 0.15) is 0 Å². The van der Waals surface area contributed by atoms with E-state index in [1.807, 2.05) is 4.90 Å². The number of hydrogen-bond acceptors (Lipinski definition) is 2. The number of rotatable bonds is 2. The molecule has 19 heavy (non-hydrogen) atoms. The van der Waals surface area contributed by atoms with E-state index < -0.39 is 10.8 Å². The molecule has 0 unspecified atom stereocenters. The maximum atomic E-state index is 12.4. The topological polar surface area (TPSA) is 37.4 Å². The minimum Gasteiger partial charge on any atom is -0.339 e. The summed E-state index contributed by atoms with van der Waals surface area (Å²) in [5.41, 5.74) is 0.703. The van der Waals surface area contributed by atoms with E-state index in [4.69, 9.17) is 0 Å². The monoisotopic (exact) mass is 279 g/mol. The molecule has 1 heterocycles. The molecule has 0 N–H and O–H groups in total. The van der Waals surface area contributed by atoms with Crippen LogP contribution in [0.4, 0.5) is 0 Å². The Morgan fingerprint density at radius 2 is 1.53 bits per heavy atom. The minimum atomic E-state index is -0.985. The fraction of sp³-hybridized carbons (Fsp3) is 0.533. The van der Waals surface area contributed by atoms with Crippen LogP contribution in [0.2, 0.25) is 0 Å². The smallest absolute Gasteiger partial charge is 0.253 e. The second-order valence-electron chi connectivity index (χ2n) is 5.04. The predicted molar refractivity (Wildman–Crippen MR) is 77.8 cm³/mol. The lowest BCUT2D eigenvalue weighted by Crippen LogP contribution is -2.33. The Balaban J connectivity index is 2.06. The molecule has 1 amide bonds. The van der Waals surface area contributed by atoms with Gasteiger partial charge in [0, 0.05) is 40.6 Å². The number of nitrogens with zero attached hydrogens (tertiary/aromatic N) is 1. The first-order valence-electron chi connectivity index (χ1n) is 6.91. The van der Waals surface area contributed by atoms with Gasteiger partial charge in [-0.2, -0.15) is 0 Å². The third-order valence-corrected chi connectivity index (χ3v) is 4.51. The van der Waals surface area contributed by atoms with E-state index in [1.54, 1.807) is 30.5 Å². The van der Waals surface area contributed by atoms with Gasteiger partial charge in [0.15, 0.2) is 0 Å². The molecule has 0 spiro atoms. The van der Waals surface area contributed by atoms with E-state index in [1.165, 1.54) is 19.3 Å². The summed E-state index contributed by atoms with van der Waals surface area (Å²) in [7, 11) is -0.985. The molecule has 0 aliphatic carbocycles. The molecular weight excluding hydrogens is 258 g/mol. The first-order chi connectivity index (χ1) is 9.18. The van der Waals surface area contributed by atoms with Crippen LogP contribution in [0.25, 0.3) is 0 Å². The molecule has 1 aromatic rings. The quantitative estimate of drug-likeness (QED) is 0.835. The largest absolute Gasteiger partial charge is 0.339 e. The average Bonchev–Trinajstić information content (AvgIpc) is 2.38. The Kier molecular flexibility index (Phi) is 5.14. The van der Waals surface area contributed by atoms with Gasteiger partial charge < -0.3 is 4.90 Å². The third-order valence-electron chi connectivity index (χ3n) is 3.58. The molecule has 1 fully saturated rings. The van der Waals surface area contributed by atoms with E-state index in [0.29, 0.717) is 5.56 Å². The van der Waals surface area contributed by atoms with E-state index >= 15 is 0 Å². The fourth-order valence-corrected chi connectivity index (χ4v) is 2.94. The lowest BCUT2D eigenvalue weighted by atomic mass is 10.1. The van der Waals surface area contributed by atoms with Gasteiger partial charge in [-0.05, 0) is 37.1 Å². The van der Waals surface area contributed by atoms with Gasteiger partial charge in [0.25, 0.3) is 5.91 Å². The van der Waals surface area contributed by atoms with Crippen LogP contribution in [-0.4, -0.2) is 34.4 Å². The second kappa shape index (κ2) is 6.85. The van der Waals surface area contributed by atoms with Gasteiger partial charge in [0.05, 0.1) is 0 Å². The number of carbonyl (C=O) groups is 1. The van der Waals surface area contributed by atoms with Crippen LogP contribution in [0, 0.1) is 0 Å². The van der Waals surface area contributed by atoms with Crippen LogP contribution in [-0.2, 0) is 10.8 Å². The van der Waals surface area contributed by atoms with Crippen molar-refractivity contribution in [2.24, 2.45) is 0 Å². The fourth-order valence-electron chi connectivity index (χ4n) is 2.42. The van der Waals surface area contributed by atoms with Gasteiger partial charge in [0.2, 0.25) is 0 Å². The Morgan fingerprint density at radius 1 is 1.00 bits per heavy atom. The molecule has 104 valence electrons. The van der Waals surface area contributed by atoms with Gasteiger partial charge in [-0.15, -0.1) is 0 Å². The Labute approximate surface area is 117 Å². The van der Waals surface area contributed by atoms with Gasteiger partial charge in [-0.1, -0.05) is 19.3 Å². The molecule has 1 saturated heterocycles. The maximum absolute atomic E-state index is 12.4. The maximum Gasteiger partial charge on any atom is 0.253 e. The first kappa shape index (κ1) is 14.3. The number of carbonyl (C=O) groups excluding carboxylic acids is 1. The van der Waals surface area contributed by atoms with Gasteiger partial charge in [-0.3, -0.25) is 9.00 Å². The second-order valence-corrected chi connectivity index (χ2v) is 6.42. The summed E-state index contributed by atoms with van der Waals surface area (Å²) >= 11 is 0. The van der Waals surface area contributed by atoms with E-state index in [0.717, 1.165) is 30.8 Å². The molecular formula is C15H21NO2S. The zero-order valence-electron chi connectivity index (χ0n) is 11.4. The highest BCUT2D eigenvalue weighted by Gasteiger charge is 2.16. The van der Waals surface area contributed by atoms with E-state index in [-0.39, 0.29) is 5.91 Å². The number of amides is 1. The molecule has 1 aliphatic heterocycles. The molecule has 1 atom stereocenters. The van der Waals surface area contributed by atoms with Gasteiger partial charge >= 0.3 is 0 Å². The van der Waals surface area contributed by atoms with Crippen molar-refractivity contribution in [2.75, 3.05) is 19.3 Å². The van der Waals surface area contributed by atoms with Gasteiger partial charge in [-0.25, -0.2) is 0 Å². The summed E-state index contributed by atoms with van der Waals surface area (Å²) in [5, 5.41) is 0. The number of hydrogen-bond donors (Lipinski definition) is 0. The van der Waals surface area contributed by atoms with Crippen LogP contribution in [0.1, 0.15) is 42.5 Å². The molecule has 2 rings (SSSR count). The summed E-state index contributed by atoms with van der Waals surface area (Å²) < 4.78 is 11.3. The highest BCUT2D eigenvalue weighted by Crippen LogP contribution is 2.15. The lowest BCUT2D eigenvalue weighted by molar-refractivity contribution is 0.0742.